The summed E-state index contributed by atoms with van der Waals surface area (Å²) in [5, 5.41) is 4.87. The van der Waals surface area contributed by atoms with E-state index in [0.29, 0.717) is 12.3 Å². The molecule has 0 aliphatic carbocycles. The Morgan fingerprint density at radius 2 is 1.70 bits per heavy atom. The standard InChI is InChI=1S/C23H25NO3/c1-16-9-8-12-19-20(16)13-18(24-22(25)27-23(2,3)4)14-21(19)26-15-17-10-6-5-7-11-17/h5-14H,15H2,1-4H3,(H,24,25). The first-order valence-corrected chi connectivity index (χ1v) is 9.02. The summed E-state index contributed by atoms with van der Waals surface area (Å²) >= 11 is 0. The number of aryl methyl sites for hydroxylation is 1. The molecule has 0 saturated heterocycles. The Morgan fingerprint density at radius 3 is 2.41 bits per heavy atom. The average molecular weight is 363 g/mol. The molecular weight excluding hydrogens is 338 g/mol. The number of ether oxygens (including phenoxy) is 2. The van der Waals surface area contributed by atoms with Crippen molar-refractivity contribution in [2.45, 2.75) is 39.9 Å². The van der Waals surface area contributed by atoms with Crippen LogP contribution in [0.4, 0.5) is 10.5 Å². The van der Waals surface area contributed by atoms with E-state index in [0.717, 1.165) is 27.6 Å². The molecule has 0 aliphatic rings. The summed E-state index contributed by atoms with van der Waals surface area (Å²) in [6.07, 6.45) is -0.482. The van der Waals surface area contributed by atoms with E-state index in [9.17, 15) is 4.79 Å². The Hall–Kier alpha value is -3.01. The van der Waals surface area contributed by atoms with Crippen molar-refractivity contribution in [1.29, 1.82) is 0 Å². The van der Waals surface area contributed by atoms with E-state index in [4.69, 9.17) is 9.47 Å². The van der Waals surface area contributed by atoms with Crippen molar-refractivity contribution in [1.82, 2.24) is 0 Å². The number of rotatable bonds is 4. The Morgan fingerprint density at radius 1 is 0.963 bits per heavy atom. The van der Waals surface area contributed by atoms with Gasteiger partial charge in [0.05, 0.1) is 0 Å². The molecule has 0 aromatic heterocycles. The van der Waals surface area contributed by atoms with Crippen LogP contribution in [0.3, 0.4) is 0 Å². The Labute approximate surface area is 160 Å². The largest absolute Gasteiger partial charge is 0.488 e. The molecule has 140 valence electrons. The molecule has 0 unspecified atom stereocenters. The lowest BCUT2D eigenvalue weighted by atomic mass is 10.0. The average Bonchev–Trinajstić information content (AvgIpc) is 2.60. The first-order valence-electron chi connectivity index (χ1n) is 9.02. The third-order valence-electron chi connectivity index (χ3n) is 4.06. The van der Waals surface area contributed by atoms with Crippen molar-refractivity contribution in [2.75, 3.05) is 5.32 Å². The number of benzene rings is 3. The Bertz CT molecular complexity index is 943. The van der Waals surface area contributed by atoms with Gasteiger partial charge in [-0.2, -0.15) is 0 Å². The Kier molecular flexibility index (Phi) is 5.36. The highest BCUT2D eigenvalue weighted by Crippen LogP contribution is 2.32. The molecule has 0 radical (unpaired) electrons. The lowest BCUT2D eigenvalue weighted by Gasteiger charge is -2.20. The summed E-state index contributed by atoms with van der Waals surface area (Å²) in [5.74, 6) is 0.728. The van der Waals surface area contributed by atoms with Gasteiger partial charge in [0.1, 0.15) is 18.0 Å². The van der Waals surface area contributed by atoms with E-state index >= 15 is 0 Å². The predicted octanol–water partition coefficient (Wildman–Crippen LogP) is 6.07. The third-order valence-corrected chi connectivity index (χ3v) is 4.06. The second-order valence-corrected chi connectivity index (χ2v) is 7.55. The van der Waals surface area contributed by atoms with Crippen LogP contribution in [0, 0.1) is 6.92 Å². The minimum Gasteiger partial charge on any atom is -0.488 e. The SMILES string of the molecule is Cc1cccc2c(OCc3ccccc3)cc(NC(=O)OC(C)(C)C)cc12. The smallest absolute Gasteiger partial charge is 0.412 e. The van der Waals surface area contributed by atoms with Crippen LogP contribution in [0.25, 0.3) is 10.8 Å². The lowest BCUT2D eigenvalue weighted by molar-refractivity contribution is 0.0636. The van der Waals surface area contributed by atoms with E-state index < -0.39 is 11.7 Å². The maximum Gasteiger partial charge on any atom is 0.412 e. The number of carbonyl (C=O) groups excluding carboxylic acids is 1. The molecule has 0 bridgehead atoms. The maximum atomic E-state index is 12.2. The molecule has 3 rings (SSSR count). The molecule has 1 N–H and O–H groups in total. The summed E-state index contributed by atoms with van der Waals surface area (Å²) in [6, 6.07) is 19.9. The van der Waals surface area contributed by atoms with Crippen LogP contribution in [-0.4, -0.2) is 11.7 Å². The van der Waals surface area contributed by atoms with Gasteiger partial charge < -0.3 is 9.47 Å². The molecule has 0 fully saturated rings. The third kappa shape index (κ3) is 5.00. The zero-order chi connectivity index (χ0) is 19.4. The van der Waals surface area contributed by atoms with Gasteiger partial charge in [-0.15, -0.1) is 0 Å². The minimum atomic E-state index is -0.552. The van der Waals surface area contributed by atoms with Crippen molar-refractivity contribution in [3.05, 3.63) is 71.8 Å². The van der Waals surface area contributed by atoms with Gasteiger partial charge >= 0.3 is 6.09 Å². The van der Waals surface area contributed by atoms with E-state index in [1.54, 1.807) is 0 Å². The number of fused-ring (bicyclic) bond motifs is 1. The van der Waals surface area contributed by atoms with Crippen LogP contribution in [-0.2, 0) is 11.3 Å². The fraction of sp³-hybridized carbons (Fsp3) is 0.261. The van der Waals surface area contributed by atoms with Crippen molar-refractivity contribution in [3.8, 4) is 5.75 Å². The van der Waals surface area contributed by atoms with E-state index in [2.05, 4.69) is 5.32 Å². The molecule has 1 amide bonds. The van der Waals surface area contributed by atoms with Crippen LogP contribution in [0.5, 0.6) is 5.75 Å². The number of anilines is 1. The van der Waals surface area contributed by atoms with Crippen LogP contribution in [0.2, 0.25) is 0 Å². The van der Waals surface area contributed by atoms with Crippen molar-refractivity contribution in [2.24, 2.45) is 0 Å². The van der Waals surface area contributed by atoms with Crippen LogP contribution >= 0.6 is 0 Å². The lowest BCUT2D eigenvalue weighted by Crippen LogP contribution is -2.27. The van der Waals surface area contributed by atoms with Crippen LogP contribution in [0.1, 0.15) is 31.9 Å². The summed E-state index contributed by atoms with van der Waals surface area (Å²) in [7, 11) is 0. The molecule has 0 aliphatic heterocycles. The van der Waals surface area contributed by atoms with E-state index in [-0.39, 0.29) is 0 Å². The summed E-state index contributed by atoms with van der Waals surface area (Å²) < 4.78 is 11.5. The molecule has 0 saturated carbocycles. The van der Waals surface area contributed by atoms with Crippen molar-refractivity contribution in [3.63, 3.8) is 0 Å². The van der Waals surface area contributed by atoms with Crippen molar-refractivity contribution < 1.29 is 14.3 Å². The fourth-order valence-electron chi connectivity index (χ4n) is 2.85. The zero-order valence-electron chi connectivity index (χ0n) is 16.2. The van der Waals surface area contributed by atoms with Gasteiger partial charge in [0, 0.05) is 17.1 Å². The number of carbonyl (C=O) groups is 1. The van der Waals surface area contributed by atoms with Crippen LogP contribution in [0.15, 0.2) is 60.7 Å². The monoisotopic (exact) mass is 363 g/mol. The van der Waals surface area contributed by atoms with Gasteiger partial charge in [-0.25, -0.2) is 4.79 Å². The first-order chi connectivity index (χ1) is 12.8. The molecule has 0 atom stereocenters. The molecule has 3 aromatic carbocycles. The van der Waals surface area contributed by atoms with E-state index in [1.807, 2.05) is 88.4 Å². The van der Waals surface area contributed by atoms with Gasteiger partial charge in [0.15, 0.2) is 0 Å². The van der Waals surface area contributed by atoms with Gasteiger partial charge in [-0.3, -0.25) is 5.32 Å². The van der Waals surface area contributed by atoms with Gasteiger partial charge in [0.25, 0.3) is 0 Å². The zero-order valence-corrected chi connectivity index (χ0v) is 16.2. The number of amides is 1. The number of hydrogen-bond acceptors (Lipinski definition) is 3. The minimum absolute atomic E-state index is 0.458. The van der Waals surface area contributed by atoms with Gasteiger partial charge in [-0.1, -0.05) is 48.5 Å². The molecule has 3 aromatic rings. The highest BCUT2D eigenvalue weighted by atomic mass is 16.6. The van der Waals surface area contributed by atoms with Gasteiger partial charge in [0.2, 0.25) is 0 Å². The second-order valence-electron chi connectivity index (χ2n) is 7.55. The second kappa shape index (κ2) is 7.70. The highest BCUT2D eigenvalue weighted by Gasteiger charge is 2.17. The van der Waals surface area contributed by atoms with Crippen molar-refractivity contribution >= 4 is 22.6 Å². The molecule has 0 heterocycles. The molecule has 4 nitrogen and oxygen atoms in total. The van der Waals surface area contributed by atoms with Gasteiger partial charge in [-0.05, 0) is 50.3 Å². The highest BCUT2D eigenvalue weighted by molar-refractivity contribution is 5.96. The summed E-state index contributed by atoms with van der Waals surface area (Å²) in [6.45, 7) is 8.02. The number of nitrogens with one attached hydrogen (secondary N) is 1. The normalized spacial score (nSPS) is 11.3. The fourth-order valence-corrected chi connectivity index (χ4v) is 2.85. The van der Waals surface area contributed by atoms with E-state index in [1.165, 1.54) is 0 Å². The Balaban J connectivity index is 1.91. The molecule has 27 heavy (non-hydrogen) atoms. The molecular formula is C23H25NO3. The molecule has 0 spiro atoms. The predicted molar refractivity (Wildman–Crippen MR) is 109 cm³/mol. The topological polar surface area (TPSA) is 47.6 Å². The first kappa shape index (κ1) is 18.8. The summed E-state index contributed by atoms with van der Waals surface area (Å²) in [4.78, 5) is 12.2. The number of hydrogen-bond donors (Lipinski definition) is 1. The summed E-state index contributed by atoms with van der Waals surface area (Å²) in [5.41, 5.74) is 2.30. The molecule has 4 heteroatoms. The quantitative estimate of drug-likeness (QED) is 0.611. The van der Waals surface area contributed by atoms with Crippen LogP contribution < -0.4 is 10.1 Å². The maximum absolute atomic E-state index is 12.2.